The second-order valence-corrected chi connectivity index (χ2v) is 5.24. The second kappa shape index (κ2) is 6.25. The number of hydrogen-bond acceptors (Lipinski definition) is 3. The zero-order chi connectivity index (χ0) is 14.7. The Hall–Kier alpha value is -1.58. The molecule has 0 aromatic heterocycles. The van der Waals surface area contributed by atoms with Crippen LogP contribution in [-0.4, -0.2) is 12.2 Å². The second-order valence-electron chi connectivity index (χ2n) is 4.43. The van der Waals surface area contributed by atoms with Crippen molar-refractivity contribution in [3.05, 3.63) is 52.0 Å². The lowest BCUT2D eigenvalue weighted by Gasteiger charge is -2.17. The van der Waals surface area contributed by atoms with Crippen LogP contribution in [0.25, 0.3) is 0 Å². The van der Waals surface area contributed by atoms with Gasteiger partial charge in [-0.25, -0.2) is 0 Å². The van der Waals surface area contributed by atoms with Gasteiger partial charge in [-0.1, -0.05) is 29.3 Å². The summed E-state index contributed by atoms with van der Waals surface area (Å²) in [6.45, 7) is 2.00. The molecule has 2 N–H and O–H groups in total. The number of nitrogens with one attached hydrogen (secondary N) is 1. The summed E-state index contributed by atoms with van der Waals surface area (Å²) in [6.07, 6.45) is 0. The van der Waals surface area contributed by atoms with Crippen LogP contribution in [0.4, 0.5) is 5.69 Å². The summed E-state index contributed by atoms with van der Waals surface area (Å²) in [5.74, 6) is 0.538. The van der Waals surface area contributed by atoms with Gasteiger partial charge in [0.2, 0.25) is 0 Å². The van der Waals surface area contributed by atoms with Crippen LogP contribution >= 0.6 is 23.2 Å². The van der Waals surface area contributed by atoms with Gasteiger partial charge in [-0.3, -0.25) is 0 Å². The van der Waals surface area contributed by atoms with Crippen molar-refractivity contribution in [1.29, 1.82) is 0 Å². The first kappa shape index (κ1) is 14.8. The van der Waals surface area contributed by atoms with E-state index in [2.05, 4.69) is 5.32 Å². The van der Waals surface area contributed by atoms with Crippen LogP contribution in [0.2, 0.25) is 10.0 Å². The summed E-state index contributed by atoms with van der Waals surface area (Å²) in [6, 6.07) is 10.7. The van der Waals surface area contributed by atoms with Crippen molar-refractivity contribution in [2.24, 2.45) is 0 Å². The first-order chi connectivity index (χ1) is 9.51. The fourth-order valence-electron chi connectivity index (χ4n) is 1.89. The molecular formula is C15H15Cl2NO2. The highest BCUT2D eigenvalue weighted by Gasteiger charge is 2.09. The summed E-state index contributed by atoms with van der Waals surface area (Å²) < 4.78 is 5.01. The summed E-state index contributed by atoms with van der Waals surface area (Å²) in [5.41, 5.74) is 1.80. The van der Waals surface area contributed by atoms with Gasteiger partial charge in [-0.15, -0.1) is 0 Å². The lowest BCUT2D eigenvalue weighted by atomic mass is 10.1. The fraction of sp³-hybridized carbons (Fsp3) is 0.200. The lowest BCUT2D eigenvalue weighted by Crippen LogP contribution is -2.06. The standard InChI is InChI=1S/C15H15Cl2NO2/c1-9(10-3-5-12(16)13(17)7-10)18-11-4-6-15(20-2)14(19)8-11/h3-9,18-19H,1-2H3. The van der Waals surface area contributed by atoms with Crippen molar-refractivity contribution in [3.8, 4) is 11.5 Å². The zero-order valence-corrected chi connectivity index (χ0v) is 12.7. The molecule has 2 aromatic rings. The van der Waals surface area contributed by atoms with E-state index in [9.17, 15) is 5.11 Å². The molecule has 0 bridgehead atoms. The highest BCUT2D eigenvalue weighted by atomic mass is 35.5. The molecule has 3 nitrogen and oxygen atoms in total. The van der Waals surface area contributed by atoms with Gasteiger partial charge >= 0.3 is 0 Å². The van der Waals surface area contributed by atoms with E-state index in [1.807, 2.05) is 25.1 Å². The minimum atomic E-state index is 0.0255. The Morgan fingerprint density at radius 3 is 2.45 bits per heavy atom. The molecule has 20 heavy (non-hydrogen) atoms. The fourth-order valence-corrected chi connectivity index (χ4v) is 2.20. The van der Waals surface area contributed by atoms with E-state index in [1.165, 1.54) is 7.11 Å². The van der Waals surface area contributed by atoms with E-state index in [0.717, 1.165) is 11.3 Å². The maximum atomic E-state index is 9.75. The highest BCUT2D eigenvalue weighted by molar-refractivity contribution is 6.42. The minimum Gasteiger partial charge on any atom is -0.504 e. The van der Waals surface area contributed by atoms with Crippen molar-refractivity contribution < 1.29 is 9.84 Å². The molecular weight excluding hydrogens is 297 g/mol. The average molecular weight is 312 g/mol. The Morgan fingerprint density at radius 1 is 1.10 bits per heavy atom. The number of rotatable bonds is 4. The Morgan fingerprint density at radius 2 is 1.85 bits per heavy atom. The lowest BCUT2D eigenvalue weighted by molar-refractivity contribution is 0.373. The number of aromatic hydroxyl groups is 1. The van der Waals surface area contributed by atoms with Crippen LogP contribution in [0.1, 0.15) is 18.5 Å². The number of methoxy groups -OCH3 is 1. The third kappa shape index (κ3) is 3.30. The van der Waals surface area contributed by atoms with Crippen molar-refractivity contribution in [2.75, 3.05) is 12.4 Å². The molecule has 2 rings (SSSR count). The van der Waals surface area contributed by atoms with Gasteiger partial charge in [0, 0.05) is 17.8 Å². The number of phenols is 1. The van der Waals surface area contributed by atoms with E-state index in [-0.39, 0.29) is 11.8 Å². The molecule has 0 aliphatic rings. The van der Waals surface area contributed by atoms with Crippen LogP contribution < -0.4 is 10.1 Å². The number of anilines is 1. The molecule has 1 atom stereocenters. The van der Waals surface area contributed by atoms with Gasteiger partial charge in [0.15, 0.2) is 11.5 Å². The number of halogens is 2. The Kier molecular flexibility index (Phi) is 4.63. The van der Waals surface area contributed by atoms with E-state index in [0.29, 0.717) is 15.8 Å². The third-order valence-corrected chi connectivity index (χ3v) is 3.74. The van der Waals surface area contributed by atoms with E-state index in [1.54, 1.807) is 18.2 Å². The molecule has 0 aliphatic heterocycles. The number of phenolic OH excluding ortho intramolecular Hbond substituents is 1. The van der Waals surface area contributed by atoms with Gasteiger partial charge in [0.05, 0.1) is 17.2 Å². The summed E-state index contributed by atoms with van der Waals surface area (Å²) in [4.78, 5) is 0. The summed E-state index contributed by atoms with van der Waals surface area (Å²) in [5, 5.41) is 14.1. The van der Waals surface area contributed by atoms with Gasteiger partial charge in [0.1, 0.15) is 0 Å². The Labute approximate surface area is 128 Å². The molecule has 0 saturated carbocycles. The van der Waals surface area contributed by atoms with Crippen molar-refractivity contribution in [1.82, 2.24) is 0 Å². The molecule has 0 fully saturated rings. The number of hydrogen-bond donors (Lipinski definition) is 2. The van der Waals surface area contributed by atoms with Crippen LogP contribution in [0.5, 0.6) is 11.5 Å². The third-order valence-electron chi connectivity index (χ3n) is 3.01. The number of benzene rings is 2. The molecule has 0 aliphatic carbocycles. The smallest absolute Gasteiger partial charge is 0.160 e. The van der Waals surface area contributed by atoms with Gasteiger partial charge in [0.25, 0.3) is 0 Å². The zero-order valence-electron chi connectivity index (χ0n) is 11.2. The average Bonchev–Trinajstić information content (AvgIpc) is 2.42. The topological polar surface area (TPSA) is 41.5 Å². The molecule has 1 unspecified atom stereocenters. The number of ether oxygens (including phenoxy) is 1. The first-order valence-electron chi connectivity index (χ1n) is 6.09. The minimum absolute atomic E-state index is 0.0255. The van der Waals surface area contributed by atoms with Crippen LogP contribution in [0.15, 0.2) is 36.4 Å². The summed E-state index contributed by atoms with van der Waals surface area (Å²) >= 11 is 11.9. The first-order valence-corrected chi connectivity index (χ1v) is 6.85. The Bertz CT molecular complexity index is 617. The predicted molar refractivity (Wildman–Crippen MR) is 83.2 cm³/mol. The molecule has 0 saturated heterocycles. The molecule has 0 spiro atoms. The van der Waals surface area contributed by atoms with Crippen molar-refractivity contribution in [2.45, 2.75) is 13.0 Å². The van der Waals surface area contributed by atoms with Gasteiger partial charge < -0.3 is 15.2 Å². The monoisotopic (exact) mass is 311 g/mol. The van der Waals surface area contributed by atoms with E-state index in [4.69, 9.17) is 27.9 Å². The predicted octanol–water partition coefficient (Wildman–Crippen LogP) is 4.88. The van der Waals surface area contributed by atoms with Crippen molar-refractivity contribution >= 4 is 28.9 Å². The molecule has 0 radical (unpaired) electrons. The van der Waals surface area contributed by atoms with E-state index >= 15 is 0 Å². The summed E-state index contributed by atoms with van der Waals surface area (Å²) in [7, 11) is 1.51. The molecule has 2 aromatic carbocycles. The van der Waals surface area contributed by atoms with Crippen molar-refractivity contribution in [3.63, 3.8) is 0 Å². The Balaban J connectivity index is 2.16. The largest absolute Gasteiger partial charge is 0.504 e. The maximum Gasteiger partial charge on any atom is 0.160 e. The quantitative estimate of drug-likeness (QED) is 0.845. The van der Waals surface area contributed by atoms with Crippen LogP contribution in [-0.2, 0) is 0 Å². The molecule has 0 heterocycles. The van der Waals surface area contributed by atoms with Gasteiger partial charge in [-0.05, 0) is 36.8 Å². The SMILES string of the molecule is COc1ccc(NC(C)c2ccc(Cl)c(Cl)c2)cc1O. The molecule has 5 heteroatoms. The molecule has 106 valence electrons. The maximum absolute atomic E-state index is 9.75. The molecule has 0 amide bonds. The van der Waals surface area contributed by atoms with E-state index < -0.39 is 0 Å². The van der Waals surface area contributed by atoms with Crippen LogP contribution in [0, 0.1) is 0 Å². The normalized spacial score (nSPS) is 12.0. The van der Waals surface area contributed by atoms with Gasteiger partial charge in [-0.2, -0.15) is 0 Å². The van der Waals surface area contributed by atoms with Crippen LogP contribution in [0.3, 0.4) is 0 Å². The highest BCUT2D eigenvalue weighted by Crippen LogP contribution is 2.31.